The molecule has 0 rings (SSSR count). The first-order chi connectivity index (χ1) is 6.66. The number of rotatable bonds is 8. The zero-order valence-electron chi connectivity index (χ0n) is 9.34. The SMILES string of the molecule is COC(=O)CNCCCCOC(C)C. The fourth-order valence-electron chi connectivity index (χ4n) is 0.934. The first-order valence-corrected chi connectivity index (χ1v) is 5.06. The van der Waals surface area contributed by atoms with Gasteiger partial charge in [0.2, 0.25) is 0 Å². The molecule has 0 unspecified atom stereocenters. The summed E-state index contributed by atoms with van der Waals surface area (Å²) < 4.78 is 9.85. The summed E-state index contributed by atoms with van der Waals surface area (Å²) in [7, 11) is 1.39. The molecule has 14 heavy (non-hydrogen) atoms. The lowest BCUT2D eigenvalue weighted by Gasteiger charge is -2.07. The number of nitrogens with one attached hydrogen (secondary N) is 1. The van der Waals surface area contributed by atoms with Gasteiger partial charge in [-0.1, -0.05) is 0 Å². The highest BCUT2D eigenvalue weighted by molar-refractivity contribution is 5.71. The molecule has 0 radical (unpaired) electrons. The number of hydrogen-bond acceptors (Lipinski definition) is 4. The summed E-state index contributed by atoms with van der Waals surface area (Å²) in [6.07, 6.45) is 2.34. The van der Waals surface area contributed by atoms with Crippen molar-refractivity contribution in [2.24, 2.45) is 0 Å². The molecule has 0 bridgehead atoms. The molecule has 0 aliphatic heterocycles. The predicted octanol–water partition coefficient (Wildman–Crippen LogP) is 0.954. The lowest BCUT2D eigenvalue weighted by molar-refractivity contribution is -0.139. The molecule has 0 atom stereocenters. The molecule has 84 valence electrons. The van der Waals surface area contributed by atoms with Crippen molar-refractivity contribution in [3.63, 3.8) is 0 Å². The van der Waals surface area contributed by atoms with Gasteiger partial charge in [0.15, 0.2) is 0 Å². The van der Waals surface area contributed by atoms with Crippen molar-refractivity contribution in [3.8, 4) is 0 Å². The first kappa shape index (κ1) is 13.4. The molecule has 0 spiro atoms. The van der Waals surface area contributed by atoms with Crippen LogP contribution in [0.25, 0.3) is 0 Å². The number of unbranched alkanes of at least 4 members (excludes halogenated alkanes) is 1. The highest BCUT2D eigenvalue weighted by atomic mass is 16.5. The molecule has 0 saturated carbocycles. The normalized spacial score (nSPS) is 10.6. The Kier molecular flexibility index (Phi) is 8.57. The lowest BCUT2D eigenvalue weighted by Crippen LogP contribution is -2.25. The van der Waals surface area contributed by atoms with Crippen LogP contribution in [0, 0.1) is 0 Å². The lowest BCUT2D eigenvalue weighted by atomic mass is 10.3. The van der Waals surface area contributed by atoms with E-state index in [1.165, 1.54) is 7.11 Å². The van der Waals surface area contributed by atoms with Gasteiger partial charge in [-0.3, -0.25) is 4.79 Å². The topological polar surface area (TPSA) is 47.6 Å². The minimum absolute atomic E-state index is 0.219. The molecular formula is C10H21NO3. The Bertz CT molecular complexity index is 148. The van der Waals surface area contributed by atoms with Crippen molar-refractivity contribution >= 4 is 5.97 Å². The first-order valence-electron chi connectivity index (χ1n) is 5.06. The molecule has 4 heteroatoms. The van der Waals surface area contributed by atoms with E-state index in [0.29, 0.717) is 12.6 Å². The van der Waals surface area contributed by atoms with Gasteiger partial charge in [-0.15, -0.1) is 0 Å². The molecular weight excluding hydrogens is 182 g/mol. The summed E-state index contributed by atoms with van der Waals surface area (Å²) in [5.41, 5.74) is 0. The number of carbonyl (C=O) groups excluding carboxylic acids is 1. The predicted molar refractivity (Wildman–Crippen MR) is 55.2 cm³/mol. The summed E-state index contributed by atoms with van der Waals surface area (Å²) in [5, 5.41) is 2.99. The van der Waals surface area contributed by atoms with Crippen LogP contribution in [-0.4, -0.2) is 38.9 Å². The number of ether oxygens (including phenoxy) is 2. The van der Waals surface area contributed by atoms with E-state index in [9.17, 15) is 4.79 Å². The van der Waals surface area contributed by atoms with Crippen LogP contribution in [0.2, 0.25) is 0 Å². The number of esters is 1. The Hall–Kier alpha value is -0.610. The third-order valence-corrected chi connectivity index (χ3v) is 1.70. The van der Waals surface area contributed by atoms with Gasteiger partial charge in [0.25, 0.3) is 0 Å². The second-order valence-electron chi connectivity index (χ2n) is 3.38. The smallest absolute Gasteiger partial charge is 0.319 e. The van der Waals surface area contributed by atoms with E-state index in [1.807, 2.05) is 13.8 Å². The van der Waals surface area contributed by atoms with Crippen LogP contribution in [0.3, 0.4) is 0 Å². The number of hydrogen-bond donors (Lipinski definition) is 1. The average Bonchev–Trinajstić information content (AvgIpc) is 2.15. The number of methoxy groups -OCH3 is 1. The maximum atomic E-state index is 10.7. The van der Waals surface area contributed by atoms with E-state index in [2.05, 4.69) is 10.1 Å². The molecule has 0 aliphatic rings. The van der Waals surface area contributed by atoms with Crippen LogP contribution in [0.4, 0.5) is 0 Å². The molecule has 1 N–H and O–H groups in total. The summed E-state index contributed by atoms with van der Waals surface area (Å²) in [6.45, 7) is 5.96. The standard InChI is InChI=1S/C10H21NO3/c1-9(2)14-7-5-4-6-11-8-10(12)13-3/h9,11H,4-8H2,1-3H3. The van der Waals surface area contributed by atoms with Gasteiger partial charge in [0, 0.05) is 6.61 Å². The van der Waals surface area contributed by atoms with Crippen LogP contribution < -0.4 is 5.32 Å². The van der Waals surface area contributed by atoms with E-state index in [1.54, 1.807) is 0 Å². The molecule has 0 aromatic heterocycles. The highest BCUT2D eigenvalue weighted by Crippen LogP contribution is 1.93. The largest absolute Gasteiger partial charge is 0.468 e. The summed E-state index contributed by atoms with van der Waals surface area (Å²) in [5.74, 6) is -0.219. The van der Waals surface area contributed by atoms with Crippen molar-refractivity contribution in [1.29, 1.82) is 0 Å². The third-order valence-electron chi connectivity index (χ3n) is 1.70. The monoisotopic (exact) mass is 203 g/mol. The van der Waals surface area contributed by atoms with Crippen molar-refractivity contribution in [2.75, 3.05) is 26.8 Å². The van der Waals surface area contributed by atoms with Crippen LogP contribution in [-0.2, 0) is 14.3 Å². The second-order valence-corrected chi connectivity index (χ2v) is 3.38. The minimum atomic E-state index is -0.219. The zero-order chi connectivity index (χ0) is 10.8. The minimum Gasteiger partial charge on any atom is -0.468 e. The van der Waals surface area contributed by atoms with E-state index in [4.69, 9.17) is 4.74 Å². The van der Waals surface area contributed by atoms with E-state index in [0.717, 1.165) is 26.0 Å². The molecule has 0 heterocycles. The molecule has 0 aliphatic carbocycles. The van der Waals surface area contributed by atoms with Crippen LogP contribution in [0.1, 0.15) is 26.7 Å². The summed E-state index contributed by atoms with van der Waals surface area (Å²) >= 11 is 0. The third kappa shape index (κ3) is 9.48. The zero-order valence-corrected chi connectivity index (χ0v) is 9.34. The van der Waals surface area contributed by atoms with Crippen LogP contribution in [0.15, 0.2) is 0 Å². The van der Waals surface area contributed by atoms with E-state index in [-0.39, 0.29) is 5.97 Å². The van der Waals surface area contributed by atoms with Gasteiger partial charge in [-0.2, -0.15) is 0 Å². The van der Waals surface area contributed by atoms with Gasteiger partial charge >= 0.3 is 5.97 Å². The van der Waals surface area contributed by atoms with Gasteiger partial charge < -0.3 is 14.8 Å². The Balaban J connectivity index is 3.03. The van der Waals surface area contributed by atoms with Crippen molar-refractivity contribution < 1.29 is 14.3 Å². The molecule has 0 amide bonds. The van der Waals surface area contributed by atoms with Gasteiger partial charge in [0.05, 0.1) is 19.8 Å². The van der Waals surface area contributed by atoms with Crippen molar-refractivity contribution in [3.05, 3.63) is 0 Å². The molecule has 4 nitrogen and oxygen atoms in total. The number of carbonyl (C=O) groups is 1. The Labute approximate surface area is 86.0 Å². The summed E-state index contributed by atoms with van der Waals surface area (Å²) in [4.78, 5) is 10.7. The average molecular weight is 203 g/mol. The fourth-order valence-corrected chi connectivity index (χ4v) is 0.934. The van der Waals surface area contributed by atoms with E-state index >= 15 is 0 Å². The van der Waals surface area contributed by atoms with Crippen molar-refractivity contribution in [1.82, 2.24) is 5.32 Å². The quantitative estimate of drug-likeness (QED) is 0.471. The molecule has 0 saturated heterocycles. The van der Waals surface area contributed by atoms with Gasteiger partial charge in [-0.25, -0.2) is 0 Å². The van der Waals surface area contributed by atoms with Crippen molar-refractivity contribution in [2.45, 2.75) is 32.8 Å². The summed E-state index contributed by atoms with van der Waals surface area (Å²) in [6, 6.07) is 0. The fraction of sp³-hybridized carbons (Fsp3) is 0.900. The van der Waals surface area contributed by atoms with Gasteiger partial charge in [-0.05, 0) is 33.2 Å². The Morgan fingerprint density at radius 2 is 2.07 bits per heavy atom. The van der Waals surface area contributed by atoms with Crippen LogP contribution in [0.5, 0.6) is 0 Å². The molecule has 0 fully saturated rings. The highest BCUT2D eigenvalue weighted by Gasteiger charge is 1.97. The van der Waals surface area contributed by atoms with Crippen LogP contribution >= 0.6 is 0 Å². The maximum Gasteiger partial charge on any atom is 0.319 e. The second kappa shape index (κ2) is 8.97. The Morgan fingerprint density at radius 3 is 2.64 bits per heavy atom. The molecule has 0 aromatic carbocycles. The van der Waals surface area contributed by atoms with E-state index < -0.39 is 0 Å². The van der Waals surface area contributed by atoms with Gasteiger partial charge in [0.1, 0.15) is 0 Å². The maximum absolute atomic E-state index is 10.7. The Morgan fingerprint density at radius 1 is 1.36 bits per heavy atom. The molecule has 0 aromatic rings.